The molecule has 4 atom stereocenters. The Morgan fingerprint density at radius 2 is 1.66 bits per heavy atom. The number of morpholine rings is 1. The van der Waals surface area contributed by atoms with Crippen molar-refractivity contribution in [2.45, 2.75) is 62.5 Å². The minimum Gasteiger partial charge on any atom is -0.448 e. The quantitative estimate of drug-likeness (QED) is 0.201. The summed E-state index contributed by atoms with van der Waals surface area (Å²) in [5.41, 5.74) is 7.67. The molecule has 0 radical (unpaired) electrons. The zero-order chi connectivity index (χ0) is 34.1. The Balaban J connectivity index is 1.34. The van der Waals surface area contributed by atoms with E-state index in [1.165, 1.54) is 61.7 Å². The Kier molecular flexibility index (Phi) is 12.2. The predicted molar refractivity (Wildman–Crippen MR) is 160 cm³/mol. The molecule has 1 aromatic heterocycles. The van der Waals surface area contributed by atoms with Gasteiger partial charge in [0.2, 0.25) is 5.91 Å². The number of benzene rings is 2. The number of alkyl carbamates (subject to hydrolysis) is 1. The van der Waals surface area contributed by atoms with Crippen molar-refractivity contribution in [3.63, 3.8) is 0 Å². The fraction of sp³-hybridized carbons (Fsp3) is 0.406. The highest BCUT2D eigenvalue weighted by Crippen LogP contribution is 2.30. The van der Waals surface area contributed by atoms with Gasteiger partial charge in [-0.1, -0.05) is 31.2 Å². The van der Waals surface area contributed by atoms with Crippen LogP contribution in [0.3, 0.4) is 0 Å². The maximum atomic E-state index is 15.0. The number of rotatable bonds is 12. The van der Waals surface area contributed by atoms with E-state index in [4.69, 9.17) is 15.2 Å². The number of hydrogen-bond donors (Lipinski definition) is 4. The molecule has 1 aliphatic rings. The van der Waals surface area contributed by atoms with Crippen LogP contribution in [0.2, 0.25) is 0 Å². The Hall–Kier alpha value is -4.21. The van der Waals surface area contributed by atoms with Gasteiger partial charge in [-0.15, -0.1) is 0 Å². The van der Waals surface area contributed by atoms with Crippen LogP contribution in [0.1, 0.15) is 42.4 Å². The number of nitrogens with two attached hydrogens (primary N) is 1. The minimum atomic E-state index is -4.59. The summed E-state index contributed by atoms with van der Waals surface area (Å²) in [6.07, 6.45) is -3.78. The van der Waals surface area contributed by atoms with Gasteiger partial charge in [-0.2, -0.15) is 13.2 Å². The number of nitrogens with zero attached hydrogens (tertiary/aromatic N) is 1. The Labute approximate surface area is 267 Å². The summed E-state index contributed by atoms with van der Waals surface area (Å²) in [6, 6.07) is 7.08. The molecule has 254 valence electrons. The molecule has 9 nitrogen and oxygen atoms in total. The summed E-state index contributed by atoms with van der Waals surface area (Å²) >= 11 is 0. The number of hydrogen-bond acceptors (Lipinski definition) is 7. The molecule has 4 rings (SSSR count). The number of aromatic nitrogens is 1. The highest BCUT2D eigenvalue weighted by molar-refractivity contribution is 5.96. The summed E-state index contributed by atoms with van der Waals surface area (Å²) < 4.78 is 91.5. The zero-order valence-corrected chi connectivity index (χ0v) is 25.3. The SMILES string of the molecule is CC[C@@H](NC(=O)OC[C@@H]1CO[C@H](CCc2c(F)cncc2NC(=O)[C@@H](N)C(c2ccc(F)cc2)c2ccc(F)cc2)CN1)C(F)(F)F. The maximum absolute atomic E-state index is 15.0. The van der Waals surface area contributed by atoms with Gasteiger partial charge in [0.1, 0.15) is 30.1 Å². The average molecular weight is 668 g/mol. The van der Waals surface area contributed by atoms with E-state index in [1.54, 1.807) is 5.32 Å². The number of carbonyl (C=O) groups is 2. The molecule has 1 saturated heterocycles. The van der Waals surface area contributed by atoms with Crippen molar-refractivity contribution in [2.24, 2.45) is 5.73 Å². The van der Waals surface area contributed by atoms with Gasteiger partial charge < -0.3 is 31.2 Å². The molecule has 47 heavy (non-hydrogen) atoms. The molecule has 1 aliphatic heterocycles. The van der Waals surface area contributed by atoms with E-state index < -0.39 is 65.8 Å². The fourth-order valence-corrected chi connectivity index (χ4v) is 5.18. The summed E-state index contributed by atoms with van der Waals surface area (Å²) in [4.78, 5) is 29.1. The van der Waals surface area contributed by atoms with E-state index in [2.05, 4.69) is 15.6 Å². The van der Waals surface area contributed by atoms with Crippen LogP contribution in [0, 0.1) is 17.5 Å². The van der Waals surface area contributed by atoms with Gasteiger partial charge >= 0.3 is 12.3 Å². The number of amides is 2. The number of ether oxygens (including phenoxy) is 2. The molecule has 1 fully saturated rings. The molecule has 0 bridgehead atoms. The lowest BCUT2D eigenvalue weighted by atomic mass is 9.85. The first kappa shape index (κ1) is 35.6. The zero-order valence-electron chi connectivity index (χ0n) is 25.3. The number of carbonyl (C=O) groups excluding carboxylic acids is 2. The van der Waals surface area contributed by atoms with Crippen LogP contribution in [-0.4, -0.2) is 67.1 Å². The molecule has 2 heterocycles. The topological polar surface area (TPSA) is 128 Å². The van der Waals surface area contributed by atoms with Gasteiger partial charge in [-0.05, 0) is 54.7 Å². The molecule has 0 aliphatic carbocycles. The van der Waals surface area contributed by atoms with Crippen LogP contribution in [-0.2, 0) is 20.7 Å². The van der Waals surface area contributed by atoms with Crippen molar-refractivity contribution >= 4 is 17.7 Å². The van der Waals surface area contributed by atoms with Gasteiger partial charge in [-0.3, -0.25) is 9.78 Å². The molecule has 5 N–H and O–H groups in total. The van der Waals surface area contributed by atoms with Crippen LogP contribution >= 0.6 is 0 Å². The molecular formula is C32H35F6N5O4. The minimum absolute atomic E-state index is 0.0832. The van der Waals surface area contributed by atoms with Crippen molar-refractivity contribution in [1.29, 1.82) is 0 Å². The standard InChI is InChI=1S/C32H35F6N5O4/c1-2-27(32(36,37)38)43-31(45)47-17-22-16-46-23(13-41-22)11-12-24-25(35)14-40-15-26(24)42-30(44)29(39)28(18-3-7-20(33)8-4-18)19-5-9-21(34)10-6-19/h3-10,14-15,22-23,27-29,41H,2,11-13,16-17,39H2,1H3,(H,42,44)(H,43,45)/t22-,23+,27+,29-/m0/s1. The van der Waals surface area contributed by atoms with Crippen LogP contribution in [0.5, 0.6) is 0 Å². The van der Waals surface area contributed by atoms with Gasteiger partial charge in [-0.25, -0.2) is 18.0 Å². The molecule has 0 unspecified atom stereocenters. The van der Waals surface area contributed by atoms with Crippen molar-refractivity contribution in [1.82, 2.24) is 15.6 Å². The van der Waals surface area contributed by atoms with Crippen LogP contribution < -0.4 is 21.7 Å². The Bertz CT molecular complexity index is 1440. The highest BCUT2D eigenvalue weighted by Gasteiger charge is 2.39. The number of halogens is 6. The number of alkyl halides is 3. The average Bonchev–Trinajstić information content (AvgIpc) is 3.04. The molecule has 2 aromatic carbocycles. The second kappa shape index (κ2) is 16.1. The lowest BCUT2D eigenvalue weighted by molar-refractivity contribution is -0.154. The largest absolute Gasteiger partial charge is 0.448 e. The van der Waals surface area contributed by atoms with Crippen LogP contribution in [0.25, 0.3) is 0 Å². The molecule has 3 aromatic rings. The third-order valence-electron chi connectivity index (χ3n) is 7.78. The van der Waals surface area contributed by atoms with Crippen molar-refractivity contribution in [2.75, 3.05) is 25.1 Å². The van der Waals surface area contributed by atoms with E-state index in [0.717, 1.165) is 6.20 Å². The summed E-state index contributed by atoms with van der Waals surface area (Å²) in [6.45, 7) is 1.44. The van der Waals surface area contributed by atoms with E-state index in [-0.39, 0.29) is 43.9 Å². The van der Waals surface area contributed by atoms with Gasteiger partial charge in [0.25, 0.3) is 0 Å². The third kappa shape index (κ3) is 9.89. The Morgan fingerprint density at radius 3 is 2.19 bits per heavy atom. The molecule has 15 heteroatoms. The monoisotopic (exact) mass is 667 g/mol. The third-order valence-corrected chi connectivity index (χ3v) is 7.78. The van der Waals surface area contributed by atoms with E-state index in [9.17, 15) is 35.9 Å². The van der Waals surface area contributed by atoms with Gasteiger partial charge in [0.15, 0.2) is 0 Å². The predicted octanol–water partition coefficient (Wildman–Crippen LogP) is 4.95. The number of anilines is 1. The fourth-order valence-electron chi connectivity index (χ4n) is 5.18. The van der Waals surface area contributed by atoms with Crippen molar-refractivity contribution < 1.29 is 45.4 Å². The lowest BCUT2D eigenvalue weighted by Gasteiger charge is -2.30. The van der Waals surface area contributed by atoms with Crippen LogP contribution in [0.15, 0.2) is 60.9 Å². The lowest BCUT2D eigenvalue weighted by Crippen LogP contribution is -2.50. The van der Waals surface area contributed by atoms with E-state index >= 15 is 0 Å². The molecule has 2 amide bonds. The maximum Gasteiger partial charge on any atom is 0.408 e. The second-order valence-corrected chi connectivity index (χ2v) is 11.1. The number of pyridine rings is 1. The highest BCUT2D eigenvalue weighted by atomic mass is 19.4. The first-order valence-electron chi connectivity index (χ1n) is 14.9. The second-order valence-electron chi connectivity index (χ2n) is 11.1. The molecule has 0 saturated carbocycles. The van der Waals surface area contributed by atoms with E-state index in [0.29, 0.717) is 17.5 Å². The van der Waals surface area contributed by atoms with Crippen LogP contribution in [0.4, 0.5) is 36.8 Å². The van der Waals surface area contributed by atoms with Gasteiger partial charge in [0, 0.05) is 18.0 Å². The van der Waals surface area contributed by atoms with Crippen molar-refractivity contribution in [3.05, 3.63) is 95.1 Å². The normalized spacial score (nSPS) is 18.0. The molecular weight excluding hydrogens is 632 g/mol. The summed E-state index contributed by atoms with van der Waals surface area (Å²) in [7, 11) is 0. The van der Waals surface area contributed by atoms with E-state index in [1.807, 2.05) is 0 Å². The first-order chi connectivity index (χ1) is 22.3. The Morgan fingerprint density at radius 1 is 1.04 bits per heavy atom. The number of nitrogens with one attached hydrogen (secondary N) is 3. The summed E-state index contributed by atoms with van der Waals surface area (Å²) in [5.74, 6) is -3.11. The first-order valence-corrected chi connectivity index (χ1v) is 14.9. The van der Waals surface area contributed by atoms with Crippen molar-refractivity contribution in [3.8, 4) is 0 Å². The molecule has 0 spiro atoms. The smallest absolute Gasteiger partial charge is 0.408 e. The summed E-state index contributed by atoms with van der Waals surface area (Å²) in [5, 5.41) is 7.53. The van der Waals surface area contributed by atoms with Gasteiger partial charge in [0.05, 0.1) is 42.9 Å².